The van der Waals surface area contributed by atoms with Gasteiger partial charge in [0.2, 0.25) is 0 Å². The average molecular weight is 379 g/mol. The van der Waals surface area contributed by atoms with Crippen molar-refractivity contribution in [3.63, 3.8) is 0 Å². The number of nitrogens with one attached hydrogen (secondary N) is 1. The van der Waals surface area contributed by atoms with Crippen LogP contribution in [0.4, 0.5) is 10.1 Å². The summed E-state index contributed by atoms with van der Waals surface area (Å²) >= 11 is 8.78. The fourth-order valence-electron chi connectivity index (χ4n) is 1.57. The number of hydrogen-bond donors (Lipinski definition) is 1. The van der Waals surface area contributed by atoms with Gasteiger partial charge in [0.15, 0.2) is 5.57 Å². The van der Waals surface area contributed by atoms with Gasteiger partial charge in [0.25, 0.3) is 5.79 Å². The highest BCUT2D eigenvalue weighted by atomic mass is 79.9. The molecule has 21 heavy (non-hydrogen) atoms. The average Bonchev–Trinajstić information content (AvgIpc) is 2.33. The van der Waals surface area contributed by atoms with Gasteiger partial charge < -0.3 is 14.8 Å². The maximum absolute atomic E-state index is 13.5. The second-order valence-electron chi connectivity index (χ2n) is 4.64. The van der Waals surface area contributed by atoms with E-state index in [1.54, 1.807) is 0 Å². The molecule has 0 aromatic heterocycles. The van der Waals surface area contributed by atoms with Crippen LogP contribution in [0.5, 0.6) is 0 Å². The predicted octanol–water partition coefficient (Wildman–Crippen LogP) is 3.37. The fraction of sp³-hybridized carbons (Fsp3) is 0.231. The summed E-state index contributed by atoms with van der Waals surface area (Å²) in [5.41, 5.74) is -0.0626. The molecular weight excluding hydrogens is 369 g/mol. The third-order valence-electron chi connectivity index (χ3n) is 2.48. The summed E-state index contributed by atoms with van der Waals surface area (Å²) in [4.78, 5) is 23.4. The van der Waals surface area contributed by atoms with E-state index in [9.17, 15) is 14.0 Å². The Balaban J connectivity index is 2.22. The molecule has 1 heterocycles. The molecule has 2 rings (SSSR count). The highest BCUT2D eigenvalue weighted by Gasteiger charge is 2.38. The summed E-state index contributed by atoms with van der Waals surface area (Å²) in [5, 5.41) is 2.75. The van der Waals surface area contributed by atoms with Gasteiger partial charge in [0.05, 0.1) is 9.50 Å². The predicted molar refractivity (Wildman–Crippen MR) is 77.1 cm³/mol. The second-order valence-corrected chi connectivity index (χ2v) is 5.84. The zero-order valence-corrected chi connectivity index (χ0v) is 13.3. The van der Waals surface area contributed by atoms with Gasteiger partial charge in [-0.05, 0) is 28.1 Å². The zero-order valence-electron chi connectivity index (χ0n) is 11.0. The van der Waals surface area contributed by atoms with Crippen molar-refractivity contribution in [3.05, 3.63) is 39.2 Å². The number of cyclic esters (lactones) is 2. The van der Waals surface area contributed by atoms with E-state index in [1.807, 2.05) is 0 Å². The van der Waals surface area contributed by atoms with Crippen molar-refractivity contribution in [2.24, 2.45) is 0 Å². The number of hydrogen-bond acceptors (Lipinski definition) is 5. The number of carbonyl (C=O) groups excluding carboxylic acids is 2. The van der Waals surface area contributed by atoms with Crippen LogP contribution in [0.15, 0.2) is 28.4 Å². The third-order valence-corrected chi connectivity index (χ3v) is 3.82. The van der Waals surface area contributed by atoms with Gasteiger partial charge in [-0.25, -0.2) is 14.0 Å². The van der Waals surface area contributed by atoms with Crippen molar-refractivity contribution in [2.75, 3.05) is 5.32 Å². The minimum absolute atomic E-state index is 0.126. The summed E-state index contributed by atoms with van der Waals surface area (Å²) in [6, 6.07) is 2.58. The van der Waals surface area contributed by atoms with Crippen molar-refractivity contribution in [1.82, 2.24) is 0 Å². The van der Waals surface area contributed by atoms with Gasteiger partial charge in [-0.2, -0.15) is 0 Å². The van der Waals surface area contributed by atoms with Crippen LogP contribution in [0.3, 0.4) is 0 Å². The molecule has 1 aromatic carbocycles. The minimum atomic E-state index is -1.31. The lowest BCUT2D eigenvalue weighted by Gasteiger charge is -2.29. The van der Waals surface area contributed by atoms with Crippen LogP contribution in [-0.2, 0) is 19.1 Å². The van der Waals surface area contributed by atoms with Crippen LogP contribution < -0.4 is 5.32 Å². The van der Waals surface area contributed by atoms with Crippen molar-refractivity contribution in [2.45, 2.75) is 19.6 Å². The summed E-state index contributed by atoms with van der Waals surface area (Å²) in [5.74, 6) is -3.54. The molecule has 1 aliphatic rings. The molecule has 8 heteroatoms. The lowest BCUT2D eigenvalue weighted by atomic mass is 10.2. The number of anilines is 1. The zero-order chi connectivity index (χ0) is 15.8. The summed E-state index contributed by atoms with van der Waals surface area (Å²) in [6.45, 7) is 2.88. The van der Waals surface area contributed by atoms with Crippen molar-refractivity contribution in [1.29, 1.82) is 0 Å². The topological polar surface area (TPSA) is 64.6 Å². The first kappa shape index (κ1) is 15.8. The number of ether oxygens (including phenoxy) is 2. The fourth-order valence-corrected chi connectivity index (χ4v) is 2.01. The van der Waals surface area contributed by atoms with Crippen molar-refractivity contribution >= 4 is 45.2 Å². The molecule has 0 bridgehead atoms. The maximum atomic E-state index is 13.5. The molecule has 1 aromatic rings. The quantitative estimate of drug-likeness (QED) is 0.370. The first-order valence-corrected chi connectivity index (χ1v) is 6.94. The molecule has 0 radical (unpaired) electrons. The molecule has 112 valence electrons. The van der Waals surface area contributed by atoms with Gasteiger partial charge in [-0.15, -0.1) is 0 Å². The third kappa shape index (κ3) is 3.54. The second kappa shape index (κ2) is 5.65. The molecule has 1 fully saturated rings. The Labute approximate surface area is 133 Å². The molecular formula is C13H10BrClFNO4. The van der Waals surface area contributed by atoms with E-state index in [-0.39, 0.29) is 20.8 Å². The Morgan fingerprint density at radius 3 is 2.38 bits per heavy atom. The molecule has 1 N–H and O–H groups in total. The van der Waals surface area contributed by atoms with Gasteiger partial charge in [-0.3, -0.25) is 0 Å². The largest absolute Gasteiger partial charge is 0.419 e. The maximum Gasteiger partial charge on any atom is 0.350 e. The molecule has 0 atom stereocenters. The normalized spacial score (nSPS) is 17.1. The van der Waals surface area contributed by atoms with E-state index in [0.29, 0.717) is 0 Å². The van der Waals surface area contributed by atoms with Crippen LogP contribution >= 0.6 is 27.5 Å². The van der Waals surface area contributed by atoms with Gasteiger partial charge in [0, 0.05) is 25.7 Å². The van der Waals surface area contributed by atoms with Crippen LogP contribution in [0.2, 0.25) is 5.02 Å². The molecule has 0 spiro atoms. The lowest BCUT2D eigenvalue weighted by Crippen LogP contribution is -2.42. The first-order valence-electron chi connectivity index (χ1n) is 5.77. The van der Waals surface area contributed by atoms with Crippen molar-refractivity contribution in [3.8, 4) is 0 Å². The number of benzene rings is 1. The molecule has 1 saturated heterocycles. The smallest absolute Gasteiger partial charge is 0.350 e. The molecule has 0 aliphatic carbocycles. The molecule has 0 unspecified atom stereocenters. The van der Waals surface area contributed by atoms with E-state index in [1.165, 1.54) is 19.9 Å². The Bertz CT molecular complexity index is 615. The van der Waals surface area contributed by atoms with Crippen LogP contribution in [-0.4, -0.2) is 17.7 Å². The van der Waals surface area contributed by atoms with E-state index in [2.05, 4.69) is 21.2 Å². The Morgan fingerprint density at radius 1 is 1.29 bits per heavy atom. The summed E-state index contributed by atoms with van der Waals surface area (Å²) in [6.07, 6.45) is 1.08. The van der Waals surface area contributed by atoms with Crippen LogP contribution in [0, 0.1) is 5.82 Å². The summed E-state index contributed by atoms with van der Waals surface area (Å²) < 4.78 is 23.4. The monoisotopic (exact) mass is 377 g/mol. The van der Waals surface area contributed by atoms with Crippen molar-refractivity contribution < 1.29 is 23.5 Å². The van der Waals surface area contributed by atoms with Crippen LogP contribution in [0.1, 0.15) is 13.8 Å². The minimum Gasteiger partial charge on any atom is -0.419 e. The number of esters is 2. The van der Waals surface area contributed by atoms with E-state index < -0.39 is 23.5 Å². The van der Waals surface area contributed by atoms with Gasteiger partial charge in [0.1, 0.15) is 5.82 Å². The van der Waals surface area contributed by atoms with E-state index >= 15 is 0 Å². The molecule has 0 amide bonds. The number of rotatable bonds is 2. The Morgan fingerprint density at radius 2 is 1.86 bits per heavy atom. The Kier molecular flexibility index (Phi) is 4.25. The van der Waals surface area contributed by atoms with E-state index in [0.717, 1.165) is 12.3 Å². The standard InChI is InChI=1S/C13H10BrClFNO4/c1-13(2)20-11(18)7(12(19)21-13)5-17-6-3-8(15)10(14)9(16)4-6/h3-5,17H,1-2H3. The van der Waals surface area contributed by atoms with Gasteiger partial charge >= 0.3 is 11.9 Å². The first-order chi connectivity index (χ1) is 9.69. The Hall–Kier alpha value is -1.60. The van der Waals surface area contributed by atoms with E-state index in [4.69, 9.17) is 21.1 Å². The lowest BCUT2D eigenvalue weighted by molar-refractivity contribution is -0.222. The van der Waals surface area contributed by atoms with Gasteiger partial charge in [-0.1, -0.05) is 11.6 Å². The highest BCUT2D eigenvalue weighted by Crippen LogP contribution is 2.29. The number of halogens is 3. The molecule has 0 saturated carbocycles. The molecule has 5 nitrogen and oxygen atoms in total. The summed E-state index contributed by atoms with van der Waals surface area (Å²) in [7, 11) is 0. The molecule has 1 aliphatic heterocycles. The SMILES string of the molecule is CC1(C)OC(=O)C(=CNc2cc(F)c(Br)c(Cl)c2)C(=O)O1. The highest BCUT2D eigenvalue weighted by molar-refractivity contribution is 9.10. The van der Waals surface area contributed by atoms with Crippen LogP contribution in [0.25, 0.3) is 0 Å². The number of carbonyl (C=O) groups is 2.